The summed E-state index contributed by atoms with van der Waals surface area (Å²) in [5.41, 5.74) is 9.45. The van der Waals surface area contributed by atoms with Crippen LogP contribution in [0.1, 0.15) is 18.4 Å². The summed E-state index contributed by atoms with van der Waals surface area (Å²) in [5.74, 6) is 1.95. The molecule has 0 fully saturated rings. The second-order valence-electron chi connectivity index (χ2n) is 16.2. The van der Waals surface area contributed by atoms with E-state index in [1.54, 1.807) is 0 Å². The molecule has 0 radical (unpaired) electrons. The monoisotopic (exact) mass is 809 g/mol. The first-order chi connectivity index (χ1) is 30.7. The lowest BCUT2D eigenvalue weighted by molar-refractivity contribution is 0.571. The van der Waals surface area contributed by atoms with Crippen LogP contribution in [-0.4, -0.2) is 15.0 Å². The third-order valence-electron chi connectivity index (χ3n) is 12.6. The second kappa shape index (κ2) is 13.9. The molecule has 5 heteroatoms. The largest absolute Gasteiger partial charge is 0.456 e. The standard InChI is InChI=1S/C57H35N3OS/c1-2-12-34(13-3-1)55-58-56(60-57(59-55)39-26-29-53-48(33-39)46-20-8-9-23-52(46)62-53)38-15-10-14-37(30-38)40-21-11-22-51-54(40)49-32-36(25-28-50(49)61-51)35-24-27-45-43-18-5-4-16-41(43)42-17-6-7-19-44(42)47(45)31-35/h1-10,12-20,22-33H,11,21H2. The van der Waals surface area contributed by atoms with E-state index < -0.39 is 0 Å². The molecule has 1 aliphatic carbocycles. The van der Waals surface area contributed by atoms with E-state index in [4.69, 9.17) is 19.4 Å². The Morgan fingerprint density at radius 2 is 0.903 bits per heavy atom. The van der Waals surface area contributed by atoms with Crippen LogP contribution < -0.4 is 10.6 Å². The number of hydrogen-bond acceptors (Lipinski definition) is 5. The number of thiophene rings is 1. The van der Waals surface area contributed by atoms with Gasteiger partial charge in [0, 0.05) is 47.5 Å². The summed E-state index contributed by atoms with van der Waals surface area (Å²) in [4.78, 5) is 15.4. The summed E-state index contributed by atoms with van der Waals surface area (Å²) < 4.78 is 9.12. The van der Waals surface area contributed by atoms with Crippen molar-refractivity contribution in [3.63, 3.8) is 0 Å². The average molecular weight is 810 g/mol. The normalized spacial score (nSPS) is 12.8. The molecule has 290 valence electrons. The van der Waals surface area contributed by atoms with Crippen molar-refractivity contribution in [3.8, 4) is 45.3 Å². The van der Waals surface area contributed by atoms with Crippen LogP contribution in [0, 0.1) is 0 Å². The van der Waals surface area contributed by atoms with Crippen molar-refractivity contribution in [2.75, 3.05) is 0 Å². The molecule has 9 aromatic carbocycles. The predicted octanol–water partition coefficient (Wildman–Crippen LogP) is 13.9. The van der Waals surface area contributed by atoms with E-state index >= 15 is 0 Å². The highest BCUT2D eigenvalue weighted by molar-refractivity contribution is 7.25. The predicted molar refractivity (Wildman–Crippen MR) is 259 cm³/mol. The van der Waals surface area contributed by atoms with Crippen molar-refractivity contribution < 1.29 is 4.42 Å². The molecule has 0 saturated heterocycles. The maximum Gasteiger partial charge on any atom is 0.164 e. The van der Waals surface area contributed by atoms with E-state index in [-0.39, 0.29) is 0 Å². The van der Waals surface area contributed by atoms with Gasteiger partial charge in [0.2, 0.25) is 0 Å². The molecule has 3 heterocycles. The Kier molecular flexibility index (Phi) is 7.87. The quantitative estimate of drug-likeness (QED) is 0.163. The number of fused-ring (bicyclic) bond motifs is 12. The fraction of sp³-hybridized carbons (Fsp3) is 0.0351. The van der Waals surface area contributed by atoms with Crippen molar-refractivity contribution >= 4 is 86.4 Å². The van der Waals surface area contributed by atoms with E-state index in [2.05, 4.69) is 170 Å². The highest BCUT2D eigenvalue weighted by Crippen LogP contribution is 2.39. The van der Waals surface area contributed by atoms with Gasteiger partial charge in [-0.1, -0.05) is 133 Å². The third-order valence-corrected chi connectivity index (χ3v) is 13.7. The Balaban J connectivity index is 0.955. The van der Waals surface area contributed by atoms with Crippen LogP contribution in [0.5, 0.6) is 0 Å². The van der Waals surface area contributed by atoms with Crippen molar-refractivity contribution in [3.05, 3.63) is 198 Å². The molecule has 3 aromatic heterocycles. The summed E-state index contributed by atoms with van der Waals surface area (Å²) in [6, 6.07) is 65.2. The summed E-state index contributed by atoms with van der Waals surface area (Å²) in [6.45, 7) is 0. The summed E-state index contributed by atoms with van der Waals surface area (Å²) in [5, 5.41) is 12.4. The van der Waals surface area contributed by atoms with Crippen molar-refractivity contribution in [1.29, 1.82) is 0 Å². The van der Waals surface area contributed by atoms with E-state index in [1.165, 1.54) is 74.4 Å². The lowest BCUT2D eigenvalue weighted by Crippen LogP contribution is -2.26. The van der Waals surface area contributed by atoms with Crippen LogP contribution in [0.15, 0.2) is 186 Å². The van der Waals surface area contributed by atoms with Crippen LogP contribution in [0.3, 0.4) is 0 Å². The fourth-order valence-corrected chi connectivity index (χ4v) is 10.7. The lowest BCUT2D eigenvalue weighted by Gasteiger charge is -2.13. The number of aromatic nitrogens is 3. The minimum atomic E-state index is 0.644. The van der Waals surface area contributed by atoms with Crippen molar-refractivity contribution in [2.45, 2.75) is 12.8 Å². The van der Waals surface area contributed by atoms with Gasteiger partial charge in [0.1, 0.15) is 11.0 Å². The van der Waals surface area contributed by atoms with E-state index in [0.29, 0.717) is 17.5 Å². The zero-order valence-corrected chi connectivity index (χ0v) is 34.3. The van der Waals surface area contributed by atoms with Gasteiger partial charge in [0.25, 0.3) is 0 Å². The molecule has 0 bridgehead atoms. The summed E-state index contributed by atoms with van der Waals surface area (Å²) in [6.07, 6.45) is 4.04. The van der Waals surface area contributed by atoms with Crippen LogP contribution >= 0.6 is 11.3 Å². The van der Waals surface area contributed by atoms with Crippen LogP contribution in [0.25, 0.3) is 120 Å². The Labute approximate surface area is 360 Å². The Bertz CT molecular complexity index is 3900. The molecule has 0 aliphatic heterocycles. The van der Waals surface area contributed by atoms with Crippen molar-refractivity contribution in [1.82, 2.24) is 15.0 Å². The molecule has 0 unspecified atom stereocenters. The minimum absolute atomic E-state index is 0.644. The molecule has 0 N–H and O–H groups in total. The third kappa shape index (κ3) is 5.63. The fourth-order valence-electron chi connectivity index (χ4n) is 9.66. The van der Waals surface area contributed by atoms with Gasteiger partial charge in [-0.05, 0) is 122 Å². The Morgan fingerprint density at radius 3 is 1.66 bits per heavy atom. The first-order valence-electron chi connectivity index (χ1n) is 21.1. The van der Waals surface area contributed by atoms with Gasteiger partial charge in [-0.2, -0.15) is 0 Å². The Hall–Kier alpha value is -7.73. The summed E-state index contributed by atoms with van der Waals surface area (Å²) in [7, 11) is 0. The van der Waals surface area contributed by atoms with Gasteiger partial charge in [0.05, 0.1) is 0 Å². The molecule has 62 heavy (non-hydrogen) atoms. The second-order valence-corrected chi connectivity index (χ2v) is 17.3. The molecular weight excluding hydrogens is 775 g/mol. The summed E-state index contributed by atoms with van der Waals surface area (Å²) >= 11 is 1.81. The molecule has 0 saturated carbocycles. The van der Waals surface area contributed by atoms with Crippen LogP contribution in [0.4, 0.5) is 0 Å². The zero-order valence-electron chi connectivity index (χ0n) is 33.5. The van der Waals surface area contributed by atoms with Gasteiger partial charge in [-0.15, -0.1) is 11.3 Å². The van der Waals surface area contributed by atoms with Gasteiger partial charge in [-0.3, -0.25) is 0 Å². The van der Waals surface area contributed by atoms with Gasteiger partial charge in [-0.25, -0.2) is 15.0 Å². The van der Waals surface area contributed by atoms with E-state index in [1.807, 2.05) is 29.5 Å². The first-order valence-corrected chi connectivity index (χ1v) is 22.0. The van der Waals surface area contributed by atoms with Crippen LogP contribution in [-0.2, 0) is 0 Å². The van der Waals surface area contributed by atoms with Gasteiger partial charge < -0.3 is 4.42 Å². The van der Waals surface area contributed by atoms with Gasteiger partial charge in [0.15, 0.2) is 17.5 Å². The van der Waals surface area contributed by atoms with Crippen LogP contribution in [0.2, 0.25) is 0 Å². The molecule has 0 spiro atoms. The first kappa shape index (κ1) is 35.1. The number of hydrogen-bond donors (Lipinski definition) is 0. The molecule has 13 rings (SSSR count). The molecule has 4 nitrogen and oxygen atoms in total. The highest BCUT2D eigenvalue weighted by Gasteiger charge is 2.19. The van der Waals surface area contributed by atoms with Crippen molar-refractivity contribution in [2.24, 2.45) is 0 Å². The molecule has 1 aliphatic rings. The van der Waals surface area contributed by atoms with E-state index in [0.717, 1.165) is 51.5 Å². The number of benzene rings is 9. The van der Waals surface area contributed by atoms with E-state index in [9.17, 15) is 0 Å². The zero-order chi connectivity index (χ0) is 40.7. The maximum absolute atomic E-state index is 6.60. The number of furan rings is 1. The Morgan fingerprint density at radius 1 is 0.371 bits per heavy atom. The molecule has 0 amide bonds. The topological polar surface area (TPSA) is 51.8 Å². The molecule has 12 aromatic rings. The smallest absolute Gasteiger partial charge is 0.164 e. The SMILES string of the molecule is C1=c2oc3ccc(-c4ccc5c6ccccc6c6ccccc6c5c4)cc3c2=C(c2cccc(-c3nc(-c4ccccc4)nc(-c4ccc5sc6ccccc6c5c4)n3)c2)CC1. The number of rotatable bonds is 5. The number of nitrogens with zero attached hydrogens (tertiary/aromatic N) is 3. The average Bonchev–Trinajstić information content (AvgIpc) is 3.92. The maximum atomic E-state index is 6.60. The van der Waals surface area contributed by atoms with Gasteiger partial charge >= 0.3 is 0 Å². The molecular formula is C57H35N3OS. The minimum Gasteiger partial charge on any atom is -0.456 e. The molecule has 0 atom stereocenters. The lowest BCUT2D eigenvalue weighted by atomic mass is 9.91. The highest BCUT2D eigenvalue weighted by atomic mass is 32.1.